The van der Waals surface area contributed by atoms with E-state index in [-0.39, 0.29) is 5.56 Å². The first kappa shape index (κ1) is 8.51. The van der Waals surface area contributed by atoms with Gasteiger partial charge in [-0.2, -0.15) is 0 Å². The molecule has 0 radical (unpaired) electrons. The molecular formula is C10H14N2O. The molecule has 0 saturated carbocycles. The van der Waals surface area contributed by atoms with Gasteiger partial charge in [-0.3, -0.25) is 4.79 Å². The minimum atomic E-state index is 0.0900. The molecule has 0 aliphatic carbocycles. The molecule has 2 rings (SSSR count). The highest BCUT2D eigenvalue weighted by molar-refractivity contribution is 5.35. The lowest BCUT2D eigenvalue weighted by atomic mass is 10.0. The van der Waals surface area contributed by atoms with Gasteiger partial charge in [0.2, 0.25) is 0 Å². The summed E-state index contributed by atoms with van der Waals surface area (Å²) in [6.07, 6.45) is 0. The molecule has 0 fully saturated rings. The summed E-state index contributed by atoms with van der Waals surface area (Å²) in [4.78, 5) is 11.4. The van der Waals surface area contributed by atoms with E-state index in [4.69, 9.17) is 0 Å². The smallest absolute Gasteiger partial charge is 0.250 e. The van der Waals surface area contributed by atoms with Crippen molar-refractivity contribution in [2.24, 2.45) is 7.05 Å². The monoisotopic (exact) mass is 178 g/mol. The molecule has 1 aliphatic rings. The summed E-state index contributed by atoms with van der Waals surface area (Å²) in [6, 6.07) is 2.09. The Morgan fingerprint density at radius 2 is 2.31 bits per heavy atom. The average Bonchev–Trinajstić information content (AvgIpc) is 2.44. The van der Waals surface area contributed by atoms with Crippen molar-refractivity contribution in [1.29, 1.82) is 0 Å². The first-order valence-corrected chi connectivity index (χ1v) is 4.54. The fraction of sp³-hybridized carbons (Fsp3) is 0.500. The van der Waals surface area contributed by atoms with Crippen molar-refractivity contribution >= 4 is 0 Å². The fourth-order valence-electron chi connectivity index (χ4n) is 2.06. The first-order valence-electron chi connectivity index (χ1n) is 4.54. The summed E-state index contributed by atoms with van der Waals surface area (Å²) in [5.41, 5.74) is 3.63. The number of hydrogen-bond acceptors (Lipinski definition) is 2. The Morgan fingerprint density at radius 3 is 3.00 bits per heavy atom. The Labute approximate surface area is 77.4 Å². The van der Waals surface area contributed by atoms with Crippen molar-refractivity contribution in [3.8, 4) is 0 Å². The van der Waals surface area contributed by atoms with Crippen LogP contribution in [0.1, 0.15) is 29.8 Å². The van der Waals surface area contributed by atoms with Crippen molar-refractivity contribution in [3.63, 3.8) is 0 Å². The lowest BCUT2D eigenvalue weighted by Crippen LogP contribution is -2.20. The summed E-state index contributed by atoms with van der Waals surface area (Å²) in [7, 11) is 1.83. The fourth-order valence-corrected chi connectivity index (χ4v) is 2.06. The van der Waals surface area contributed by atoms with E-state index in [1.165, 1.54) is 5.56 Å². The van der Waals surface area contributed by atoms with Crippen molar-refractivity contribution in [3.05, 3.63) is 33.2 Å². The van der Waals surface area contributed by atoms with Crippen LogP contribution in [0.3, 0.4) is 0 Å². The van der Waals surface area contributed by atoms with E-state index in [9.17, 15) is 4.79 Å². The standard InChI is InChI=1S/C10H14N2O/c1-6-4-9(13)12(3)8-5-11-7(2)10(6)8/h4,7,11H,5H2,1-3H3. The zero-order chi connectivity index (χ0) is 9.59. The number of pyridine rings is 1. The summed E-state index contributed by atoms with van der Waals surface area (Å²) in [5, 5.41) is 3.33. The predicted molar refractivity (Wildman–Crippen MR) is 51.7 cm³/mol. The van der Waals surface area contributed by atoms with E-state index in [0.29, 0.717) is 6.04 Å². The van der Waals surface area contributed by atoms with Crippen LogP contribution in [0.15, 0.2) is 10.9 Å². The number of rotatable bonds is 0. The Morgan fingerprint density at radius 1 is 1.62 bits per heavy atom. The maximum atomic E-state index is 11.4. The number of aryl methyl sites for hydroxylation is 1. The third-order valence-electron chi connectivity index (χ3n) is 2.82. The Balaban J connectivity index is 2.77. The van der Waals surface area contributed by atoms with Gasteiger partial charge in [-0.05, 0) is 25.0 Å². The molecule has 70 valence electrons. The van der Waals surface area contributed by atoms with Crippen LogP contribution in [0, 0.1) is 6.92 Å². The molecule has 1 N–H and O–H groups in total. The lowest BCUT2D eigenvalue weighted by molar-refractivity contribution is 0.625. The van der Waals surface area contributed by atoms with Crippen molar-refractivity contribution in [1.82, 2.24) is 9.88 Å². The molecule has 0 spiro atoms. The largest absolute Gasteiger partial charge is 0.314 e. The van der Waals surface area contributed by atoms with Gasteiger partial charge in [0, 0.05) is 31.4 Å². The first-order chi connectivity index (χ1) is 6.11. The SMILES string of the molecule is Cc1cc(=O)n(C)c2c1C(C)NC2. The second-order valence-electron chi connectivity index (χ2n) is 3.69. The van der Waals surface area contributed by atoms with Crippen LogP contribution in [0.5, 0.6) is 0 Å². The quantitative estimate of drug-likeness (QED) is 0.639. The molecule has 1 unspecified atom stereocenters. The highest BCUT2D eigenvalue weighted by atomic mass is 16.1. The van der Waals surface area contributed by atoms with Crippen LogP contribution >= 0.6 is 0 Å². The van der Waals surface area contributed by atoms with Crippen LogP contribution in [-0.2, 0) is 13.6 Å². The zero-order valence-electron chi connectivity index (χ0n) is 8.22. The highest BCUT2D eigenvalue weighted by Crippen LogP contribution is 2.25. The second-order valence-corrected chi connectivity index (χ2v) is 3.69. The highest BCUT2D eigenvalue weighted by Gasteiger charge is 2.22. The van der Waals surface area contributed by atoms with E-state index >= 15 is 0 Å². The minimum absolute atomic E-state index is 0.0900. The van der Waals surface area contributed by atoms with Gasteiger partial charge in [-0.25, -0.2) is 0 Å². The van der Waals surface area contributed by atoms with E-state index in [1.807, 2.05) is 14.0 Å². The molecule has 3 heteroatoms. The Hall–Kier alpha value is -1.09. The molecule has 3 nitrogen and oxygen atoms in total. The predicted octanol–water partition coefficient (Wildman–Crippen LogP) is 0.858. The van der Waals surface area contributed by atoms with Crippen LogP contribution in [0.4, 0.5) is 0 Å². The molecular weight excluding hydrogens is 164 g/mol. The van der Waals surface area contributed by atoms with Gasteiger partial charge in [-0.15, -0.1) is 0 Å². The molecule has 13 heavy (non-hydrogen) atoms. The summed E-state index contributed by atoms with van der Waals surface area (Å²) in [6.45, 7) is 4.94. The van der Waals surface area contributed by atoms with Gasteiger partial charge in [0.05, 0.1) is 0 Å². The number of aromatic nitrogens is 1. The zero-order valence-corrected chi connectivity index (χ0v) is 8.22. The summed E-state index contributed by atoms with van der Waals surface area (Å²) >= 11 is 0. The van der Waals surface area contributed by atoms with Crippen LogP contribution in [0.2, 0.25) is 0 Å². The molecule has 1 aromatic heterocycles. The molecule has 1 aliphatic heterocycles. The van der Waals surface area contributed by atoms with E-state index in [1.54, 1.807) is 10.6 Å². The maximum Gasteiger partial charge on any atom is 0.250 e. The summed E-state index contributed by atoms with van der Waals surface area (Å²) < 4.78 is 1.73. The van der Waals surface area contributed by atoms with Crippen LogP contribution in [-0.4, -0.2) is 4.57 Å². The van der Waals surface area contributed by atoms with Crippen molar-refractivity contribution in [2.45, 2.75) is 26.4 Å². The molecule has 0 bridgehead atoms. The minimum Gasteiger partial charge on any atom is -0.314 e. The Kier molecular flexibility index (Phi) is 1.77. The van der Waals surface area contributed by atoms with Gasteiger partial charge >= 0.3 is 0 Å². The van der Waals surface area contributed by atoms with E-state index < -0.39 is 0 Å². The lowest BCUT2D eigenvalue weighted by Gasteiger charge is -2.10. The Bertz CT molecular complexity index is 406. The molecule has 0 saturated heterocycles. The van der Waals surface area contributed by atoms with Crippen molar-refractivity contribution < 1.29 is 0 Å². The van der Waals surface area contributed by atoms with Gasteiger partial charge in [0.25, 0.3) is 5.56 Å². The molecule has 0 amide bonds. The molecule has 1 aromatic rings. The van der Waals surface area contributed by atoms with E-state index in [2.05, 4.69) is 12.2 Å². The topological polar surface area (TPSA) is 34.0 Å². The second kappa shape index (κ2) is 2.70. The maximum absolute atomic E-state index is 11.4. The molecule has 0 aromatic carbocycles. The van der Waals surface area contributed by atoms with Crippen molar-refractivity contribution in [2.75, 3.05) is 0 Å². The molecule has 1 atom stereocenters. The van der Waals surface area contributed by atoms with Crippen LogP contribution in [0.25, 0.3) is 0 Å². The van der Waals surface area contributed by atoms with Gasteiger partial charge in [0.1, 0.15) is 0 Å². The number of nitrogens with one attached hydrogen (secondary N) is 1. The third kappa shape index (κ3) is 1.11. The number of hydrogen-bond donors (Lipinski definition) is 1. The van der Waals surface area contributed by atoms with Crippen LogP contribution < -0.4 is 10.9 Å². The summed E-state index contributed by atoms with van der Waals surface area (Å²) in [5.74, 6) is 0. The average molecular weight is 178 g/mol. The normalized spacial score (nSPS) is 20.4. The van der Waals surface area contributed by atoms with Gasteiger partial charge in [-0.1, -0.05) is 0 Å². The van der Waals surface area contributed by atoms with E-state index in [0.717, 1.165) is 17.8 Å². The van der Waals surface area contributed by atoms with Gasteiger partial charge < -0.3 is 9.88 Å². The third-order valence-corrected chi connectivity index (χ3v) is 2.82. The van der Waals surface area contributed by atoms with Gasteiger partial charge in [0.15, 0.2) is 0 Å². The number of fused-ring (bicyclic) bond motifs is 1. The molecule has 2 heterocycles. The number of nitrogens with zero attached hydrogens (tertiary/aromatic N) is 1.